The van der Waals surface area contributed by atoms with Crippen molar-refractivity contribution in [1.82, 2.24) is 24.7 Å². The molecule has 0 atom stereocenters. The molecule has 1 aromatic carbocycles. The topological polar surface area (TPSA) is 68.5 Å². The Bertz CT molecular complexity index is 733. The Kier molecular flexibility index (Phi) is 3.28. The highest BCUT2D eigenvalue weighted by atomic mass is 15.2. The fourth-order valence-corrected chi connectivity index (χ4v) is 2.08. The lowest BCUT2D eigenvalue weighted by molar-refractivity contribution is 0.787. The van der Waals surface area contributed by atoms with Crippen LogP contribution in [0.25, 0.3) is 11.0 Å². The SMILES string of the molecule is Cc1nc2ccccc2nc1NCCc1nncn1C. The van der Waals surface area contributed by atoms with Crippen molar-refractivity contribution in [2.75, 3.05) is 11.9 Å². The summed E-state index contributed by atoms with van der Waals surface area (Å²) in [6.45, 7) is 2.71. The van der Waals surface area contributed by atoms with Crippen LogP contribution in [-0.4, -0.2) is 31.3 Å². The molecule has 2 heterocycles. The van der Waals surface area contributed by atoms with Gasteiger partial charge in [0.25, 0.3) is 0 Å². The van der Waals surface area contributed by atoms with Gasteiger partial charge in [-0.05, 0) is 19.1 Å². The lowest BCUT2D eigenvalue weighted by Gasteiger charge is -2.09. The lowest BCUT2D eigenvalue weighted by atomic mass is 10.3. The summed E-state index contributed by atoms with van der Waals surface area (Å²) in [5.41, 5.74) is 2.73. The molecule has 0 amide bonds. The van der Waals surface area contributed by atoms with Crippen LogP contribution in [0.2, 0.25) is 0 Å². The molecule has 6 heteroatoms. The van der Waals surface area contributed by atoms with Gasteiger partial charge in [-0.2, -0.15) is 0 Å². The Labute approximate surface area is 116 Å². The number of benzene rings is 1. The molecule has 6 nitrogen and oxygen atoms in total. The van der Waals surface area contributed by atoms with Gasteiger partial charge in [-0.1, -0.05) is 12.1 Å². The molecule has 3 rings (SSSR count). The van der Waals surface area contributed by atoms with Crippen LogP contribution in [-0.2, 0) is 13.5 Å². The van der Waals surface area contributed by atoms with Gasteiger partial charge in [0.1, 0.15) is 18.0 Å². The Hall–Kier alpha value is -2.50. The van der Waals surface area contributed by atoms with Crippen LogP contribution in [0.15, 0.2) is 30.6 Å². The summed E-state index contributed by atoms with van der Waals surface area (Å²) in [7, 11) is 1.94. The van der Waals surface area contributed by atoms with Crippen LogP contribution < -0.4 is 5.32 Å². The summed E-state index contributed by atoms with van der Waals surface area (Å²) >= 11 is 0. The Morgan fingerprint density at radius 2 is 1.90 bits per heavy atom. The van der Waals surface area contributed by atoms with Crippen LogP contribution in [0.3, 0.4) is 0 Å². The standard InChI is InChI=1S/C14H16N6/c1-10-14(15-8-7-13-19-16-9-20(13)2)18-12-6-4-3-5-11(12)17-10/h3-6,9H,7-8H2,1-2H3,(H,15,18). The van der Waals surface area contributed by atoms with E-state index >= 15 is 0 Å². The number of aromatic nitrogens is 5. The molecule has 0 unspecified atom stereocenters. The summed E-state index contributed by atoms with van der Waals surface area (Å²) in [5, 5.41) is 11.2. The molecule has 2 aromatic heterocycles. The molecule has 0 fully saturated rings. The number of para-hydroxylation sites is 2. The van der Waals surface area contributed by atoms with Crippen molar-refractivity contribution in [2.45, 2.75) is 13.3 Å². The van der Waals surface area contributed by atoms with Gasteiger partial charge in [-0.25, -0.2) is 9.97 Å². The zero-order valence-corrected chi connectivity index (χ0v) is 11.5. The smallest absolute Gasteiger partial charge is 0.148 e. The summed E-state index contributed by atoms with van der Waals surface area (Å²) in [4.78, 5) is 9.15. The van der Waals surface area contributed by atoms with Crippen LogP contribution in [0, 0.1) is 6.92 Å². The minimum absolute atomic E-state index is 0.750. The fraction of sp³-hybridized carbons (Fsp3) is 0.286. The average molecular weight is 268 g/mol. The van der Waals surface area contributed by atoms with Crippen molar-refractivity contribution in [3.8, 4) is 0 Å². The molecular weight excluding hydrogens is 252 g/mol. The van der Waals surface area contributed by atoms with Crippen molar-refractivity contribution in [3.05, 3.63) is 42.1 Å². The van der Waals surface area contributed by atoms with Gasteiger partial charge in [-0.3, -0.25) is 0 Å². The van der Waals surface area contributed by atoms with Gasteiger partial charge < -0.3 is 9.88 Å². The first-order valence-electron chi connectivity index (χ1n) is 6.54. The highest BCUT2D eigenvalue weighted by Gasteiger charge is 2.05. The third-order valence-electron chi connectivity index (χ3n) is 3.19. The van der Waals surface area contributed by atoms with E-state index in [0.717, 1.165) is 41.3 Å². The predicted octanol–water partition coefficient (Wildman–Crippen LogP) is 1.72. The molecule has 0 aliphatic carbocycles. The van der Waals surface area contributed by atoms with Crippen molar-refractivity contribution in [1.29, 1.82) is 0 Å². The minimum atomic E-state index is 0.750. The van der Waals surface area contributed by atoms with Crippen LogP contribution in [0.5, 0.6) is 0 Å². The van der Waals surface area contributed by atoms with Crippen molar-refractivity contribution in [3.63, 3.8) is 0 Å². The minimum Gasteiger partial charge on any atom is -0.368 e. The van der Waals surface area contributed by atoms with E-state index in [1.54, 1.807) is 6.33 Å². The highest BCUT2D eigenvalue weighted by Crippen LogP contribution is 2.15. The molecule has 20 heavy (non-hydrogen) atoms. The summed E-state index contributed by atoms with van der Waals surface area (Å²) < 4.78 is 1.92. The van der Waals surface area contributed by atoms with Crippen molar-refractivity contribution in [2.24, 2.45) is 7.05 Å². The van der Waals surface area contributed by atoms with E-state index in [9.17, 15) is 0 Å². The van der Waals surface area contributed by atoms with Crippen LogP contribution >= 0.6 is 0 Å². The lowest BCUT2D eigenvalue weighted by Crippen LogP contribution is -2.11. The zero-order valence-electron chi connectivity index (χ0n) is 11.5. The molecule has 3 aromatic rings. The number of fused-ring (bicyclic) bond motifs is 1. The first-order valence-corrected chi connectivity index (χ1v) is 6.54. The second-order valence-electron chi connectivity index (χ2n) is 4.68. The number of anilines is 1. The molecule has 0 aliphatic rings. The maximum absolute atomic E-state index is 4.60. The molecule has 102 valence electrons. The number of aryl methyl sites for hydroxylation is 2. The highest BCUT2D eigenvalue weighted by molar-refractivity contribution is 5.76. The first-order chi connectivity index (χ1) is 9.74. The molecule has 1 N–H and O–H groups in total. The molecule has 0 aliphatic heterocycles. The number of nitrogens with zero attached hydrogens (tertiary/aromatic N) is 5. The van der Waals surface area contributed by atoms with Gasteiger partial charge in [-0.15, -0.1) is 10.2 Å². The van der Waals surface area contributed by atoms with E-state index in [-0.39, 0.29) is 0 Å². The molecule has 0 radical (unpaired) electrons. The van der Waals surface area contributed by atoms with E-state index in [0.29, 0.717) is 0 Å². The maximum Gasteiger partial charge on any atom is 0.148 e. The van der Waals surface area contributed by atoms with Gasteiger partial charge in [0.15, 0.2) is 0 Å². The van der Waals surface area contributed by atoms with E-state index in [1.807, 2.05) is 42.8 Å². The number of hydrogen-bond acceptors (Lipinski definition) is 5. The third-order valence-corrected chi connectivity index (χ3v) is 3.19. The van der Waals surface area contributed by atoms with Gasteiger partial charge in [0.2, 0.25) is 0 Å². The van der Waals surface area contributed by atoms with Crippen LogP contribution in [0.4, 0.5) is 5.82 Å². The van der Waals surface area contributed by atoms with E-state index < -0.39 is 0 Å². The predicted molar refractivity (Wildman–Crippen MR) is 77.5 cm³/mol. The van der Waals surface area contributed by atoms with E-state index in [4.69, 9.17) is 0 Å². The van der Waals surface area contributed by atoms with Crippen molar-refractivity contribution >= 4 is 16.9 Å². The largest absolute Gasteiger partial charge is 0.368 e. The van der Waals surface area contributed by atoms with Gasteiger partial charge in [0.05, 0.1) is 16.7 Å². The summed E-state index contributed by atoms with van der Waals surface area (Å²) in [5.74, 6) is 1.77. The molecule has 0 saturated carbocycles. The Morgan fingerprint density at radius 3 is 2.60 bits per heavy atom. The average Bonchev–Trinajstić information content (AvgIpc) is 2.85. The van der Waals surface area contributed by atoms with Gasteiger partial charge in [0, 0.05) is 20.0 Å². The molecule has 0 spiro atoms. The van der Waals surface area contributed by atoms with E-state index in [2.05, 4.69) is 25.5 Å². The monoisotopic (exact) mass is 268 g/mol. The zero-order chi connectivity index (χ0) is 13.9. The normalized spacial score (nSPS) is 10.9. The molecular formula is C14H16N6. The molecule has 0 bridgehead atoms. The number of nitrogens with one attached hydrogen (secondary N) is 1. The molecule has 0 saturated heterocycles. The summed E-state index contributed by atoms with van der Waals surface area (Å²) in [6.07, 6.45) is 2.50. The number of rotatable bonds is 4. The van der Waals surface area contributed by atoms with Gasteiger partial charge >= 0.3 is 0 Å². The first kappa shape index (κ1) is 12.5. The Morgan fingerprint density at radius 1 is 1.15 bits per heavy atom. The van der Waals surface area contributed by atoms with Crippen LogP contribution in [0.1, 0.15) is 11.5 Å². The maximum atomic E-state index is 4.60. The second-order valence-corrected chi connectivity index (χ2v) is 4.68. The fourth-order valence-electron chi connectivity index (χ4n) is 2.08. The summed E-state index contributed by atoms with van der Waals surface area (Å²) in [6, 6.07) is 7.88. The second kappa shape index (κ2) is 5.24. The third kappa shape index (κ3) is 2.45. The quantitative estimate of drug-likeness (QED) is 0.780. The van der Waals surface area contributed by atoms with E-state index in [1.165, 1.54) is 0 Å². The number of hydrogen-bond donors (Lipinski definition) is 1. The Balaban J connectivity index is 1.74. The van der Waals surface area contributed by atoms with Crippen molar-refractivity contribution < 1.29 is 0 Å².